The summed E-state index contributed by atoms with van der Waals surface area (Å²) in [6.45, 7) is 0.715. The van der Waals surface area contributed by atoms with Crippen LogP contribution in [0.3, 0.4) is 0 Å². The molecular formula is C35H28N2O3. The van der Waals surface area contributed by atoms with Gasteiger partial charge in [0.1, 0.15) is 24.7 Å². The van der Waals surface area contributed by atoms with E-state index in [0.29, 0.717) is 13.2 Å². The van der Waals surface area contributed by atoms with Gasteiger partial charge in [-0.1, -0.05) is 78.9 Å². The highest BCUT2D eigenvalue weighted by atomic mass is 16.5. The third-order valence-corrected chi connectivity index (χ3v) is 6.71. The number of fused-ring (bicyclic) bond motifs is 2. The number of nitrogens with zero attached hydrogens (tertiary/aromatic N) is 2. The van der Waals surface area contributed by atoms with Gasteiger partial charge in [0.25, 0.3) is 0 Å². The van der Waals surface area contributed by atoms with Crippen LogP contribution in [0.1, 0.15) is 22.5 Å². The van der Waals surface area contributed by atoms with Gasteiger partial charge in [0.15, 0.2) is 0 Å². The molecule has 5 heteroatoms. The van der Waals surface area contributed by atoms with E-state index >= 15 is 0 Å². The minimum Gasteiger partial charge on any atom is -0.487 e. The Bertz CT molecular complexity index is 1650. The Morgan fingerprint density at radius 2 is 1.00 bits per heavy atom. The lowest BCUT2D eigenvalue weighted by molar-refractivity contribution is 0.302. The fourth-order valence-electron chi connectivity index (χ4n) is 4.65. The predicted molar refractivity (Wildman–Crippen MR) is 159 cm³/mol. The van der Waals surface area contributed by atoms with E-state index in [-0.39, 0.29) is 6.61 Å². The fourth-order valence-corrected chi connectivity index (χ4v) is 4.65. The molecule has 1 N–H and O–H groups in total. The number of hydrogen-bond acceptors (Lipinski definition) is 5. The van der Waals surface area contributed by atoms with Crippen molar-refractivity contribution in [3.8, 4) is 11.5 Å². The largest absolute Gasteiger partial charge is 0.487 e. The average molecular weight is 525 g/mol. The Kier molecular flexibility index (Phi) is 7.46. The van der Waals surface area contributed by atoms with Crippen LogP contribution in [-0.4, -0.2) is 21.7 Å². The topological polar surface area (TPSA) is 64.5 Å². The van der Waals surface area contributed by atoms with Gasteiger partial charge in [-0.15, -0.1) is 0 Å². The molecule has 5 nitrogen and oxygen atoms in total. The summed E-state index contributed by atoms with van der Waals surface area (Å²) < 4.78 is 12.0. The molecule has 0 atom stereocenters. The van der Waals surface area contributed by atoms with E-state index in [2.05, 4.69) is 22.1 Å². The molecule has 196 valence electrons. The van der Waals surface area contributed by atoms with E-state index < -0.39 is 0 Å². The van der Waals surface area contributed by atoms with Gasteiger partial charge in [0, 0.05) is 10.8 Å². The van der Waals surface area contributed by atoms with Crippen LogP contribution >= 0.6 is 0 Å². The van der Waals surface area contributed by atoms with E-state index in [1.54, 1.807) is 0 Å². The number of rotatable bonds is 9. The SMILES string of the molecule is OCC=C(c1ccc(OCc2ccc3ccccc3n2)cc1)c1ccc(OCc2ccc3ccccc3n2)cc1. The van der Waals surface area contributed by atoms with E-state index in [1.165, 1.54) is 0 Å². The van der Waals surface area contributed by atoms with Crippen LogP contribution in [0.2, 0.25) is 0 Å². The maximum absolute atomic E-state index is 9.70. The molecule has 2 aromatic heterocycles. The van der Waals surface area contributed by atoms with Crippen LogP contribution in [-0.2, 0) is 13.2 Å². The van der Waals surface area contributed by atoms with Crippen molar-refractivity contribution >= 4 is 27.4 Å². The van der Waals surface area contributed by atoms with Crippen molar-refractivity contribution in [3.63, 3.8) is 0 Å². The second kappa shape index (κ2) is 11.8. The molecule has 4 aromatic carbocycles. The zero-order valence-electron chi connectivity index (χ0n) is 21.9. The fraction of sp³-hybridized carbons (Fsp3) is 0.0857. The first kappa shape index (κ1) is 25.3. The van der Waals surface area contributed by atoms with Gasteiger partial charge in [-0.25, -0.2) is 9.97 Å². The highest BCUT2D eigenvalue weighted by molar-refractivity contribution is 5.81. The molecule has 2 heterocycles. The van der Waals surface area contributed by atoms with Crippen molar-refractivity contribution < 1.29 is 14.6 Å². The molecule has 0 saturated heterocycles. The van der Waals surface area contributed by atoms with Crippen LogP contribution in [0.4, 0.5) is 0 Å². The molecule has 0 bridgehead atoms. The van der Waals surface area contributed by atoms with E-state index in [4.69, 9.17) is 9.47 Å². The second-order valence-electron chi connectivity index (χ2n) is 9.42. The maximum atomic E-state index is 9.70. The normalized spacial score (nSPS) is 10.9. The second-order valence-corrected chi connectivity index (χ2v) is 9.42. The van der Waals surface area contributed by atoms with Crippen LogP contribution in [0.5, 0.6) is 11.5 Å². The summed E-state index contributed by atoms with van der Waals surface area (Å²) in [6.07, 6.45) is 1.81. The third kappa shape index (κ3) is 5.85. The van der Waals surface area contributed by atoms with Crippen molar-refractivity contribution in [2.75, 3.05) is 6.61 Å². The Labute approximate surface area is 233 Å². The molecule has 0 amide bonds. The first-order chi connectivity index (χ1) is 19.7. The third-order valence-electron chi connectivity index (χ3n) is 6.71. The smallest absolute Gasteiger partial charge is 0.130 e. The highest BCUT2D eigenvalue weighted by Crippen LogP contribution is 2.27. The van der Waals surface area contributed by atoms with Crippen molar-refractivity contribution in [1.29, 1.82) is 0 Å². The zero-order chi connectivity index (χ0) is 27.1. The summed E-state index contributed by atoms with van der Waals surface area (Å²) in [4.78, 5) is 9.35. The van der Waals surface area contributed by atoms with Gasteiger partial charge >= 0.3 is 0 Å². The molecule has 6 aromatic rings. The van der Waals surface area contributed by atoms with Gasteiger partial charge < -0.3 is 14.6 Å². The summed E-state index contributed by atoms with van der Waals surface area (Å²) >= 11 is 0. The number of aromatic nitrogens is 2. The average Bonchev–Trinajstić information content (AvgIpc) is 3.02. The summed E-state index contributed by atoms with van der Waals surface area (Å²) in [6, 6.07) is 40.0. The lowest BCUT2D eigenvalue weighted by Gasteiger charge is -2.12. The molecule has 0 aliphatic carbocycles. The van der Waals surface area contributed by atoms with Gasteiger partial charge in [-0.3, -0.25) is 0 Å². The first-order valence-corrected chi connectivity index (χ1v) is 13.2. The Morgan fingerprint density at radius 3 is 1.45 bits per heavy atom. The van der Waals surface area contributed by atoms with Crippen molar-refractivity contribution in [1.82, 2.24) is 9.97 Å². The van der Waals surface area contributed by atoms with Crippen LogP contribution in [0, 0.1) is 0 Å². The summed E-state index contributed by atoms with van der Waals surface area (Å²) in [5.74, 6) is 1.52. The molecule has 0 saturated carbocycles. The predicted octanol–water partition coefficient (Wildman–Crippen LogP) is 7.37. The Morgan fingerprint density at radius 1 is 0.550 bits per heavy atom. The van der Waals surface area contributed by atoms with Gasteiger partial charge in [0.05, 0.1) is 29.0 Å². The lowest BCUT2D eigenvalue weighted by Crippen LogP contribution is -1.99. The van der Waals surface area contributed by atoms with Crippen molar-refractivity contribution in [2.45, 2.75) is 13.2 Å². The molecule has 0 fully saturated rings. The first-order valence-electron chi connectivity index (χ1n) is 13.2. The van der Waals surface area contributed by atoms with Crippen LogP contribution in [0.15, 0.2) is 127 Å². The summed E-state index contributed by atoms with van der Waals surface area (Å²) in [5, 5.41) is 11.9. The van der Waals surface area contributed by atoms with E-state index in [9.17, 15) is 5.11 Å². The van der Waals surface area contributed by atoms with Crippen molar-refractivity contribution in [2.24, 2.45) is 0 Å². The maximum Gasteiger partial charge on any atom is 0.130 e. The highest BCUT2D eigenvalue weighted by Gasteiger charge is 2.08. The molecular weight excluding hydrogens is 496 g/mol. The molecule has 0 aliphatic heterocycles. The zero-order valence-corrected chi connectivity index (χ0v) is 21.9. The molecule has 0 unspecified atom stereocenters. The number of hydrogen-bond donors (Lipinski definition) is 1. The lowest BCUT2D eigenvalue weighted by atomic mass is 9.97. The van der Waals surface area contributed by atoms with Gasteiger partial charge in [-0.2, -0.15) is 0 Å². The minimum atomic E-state index is -0.0624. The molecule has 0 radical (unpaired) electrons. The number of aliphatic hydroxyl groups is 1. The standard InChI is InChI=1S/C35H28N2O3/c38-22-21-33(25-11-17-31(18-12-25)39-23-29-15-9-27-5-1-3-7-34(27)36-29)26-13-19-32(20-14-26)40-24-30-16-10-28-6-2-4-8-35(28)37-30/h1-21,38H,22-24H2. The monoisotopic (exact) mass is 524 g/mol. The Balaban J connectivity index is 1.10. The number of ether oxygens (including phenoxy) is 2. The molecule has 0 spiro atoms. The number of aliphatic hydroxyl groups excluding tert-OH is 1. The number of benzene rings is 4. The summed E-state index contributed by atoms with van der Waals surface area (Å²) in [5.41, 5.74) is 6.58. The quantitative estimate of drug-likeness (QED) is 0.214. The van der Waals surface area contributed by atoms with Gasteiger partial charge in [-0.05, 0) is 65.2 Å². The molecule has 6 rings (SSSR count). The van der Waals surface area contributed by atoms with Crippen LogP contribution < -0.4 is 9.47 Å². The van der Waals surface area contributed by atoms with Crippen LogP contribution in [0.25, 0.3) is 27.4 Å². The molecule has 40 heavy (non-hydrogen) atoms. The number of para-hydroxylation sites is 2. The van der Waals surface area contributed by atoms with Crippen molar-refractivity contribution in [3.05, 3.63) is 150 Å². The number of pyridine rings is 2. The Hall–Kier alpha value is -5.00. The van der Waals surface area contributed by atoms with E-state index in [0.717, 1.165) is 61.4 Å². The van der Waals surface area contributed by atoms with E-state index in [1.807, 2.05) is 115 Å². The minimum absolute atomic E-state index is 0.0624. The summed E-state index contributed by atoms with van der Waals surface area (Å²) in [7, 11) is 0. The van der Waals surface area contributed by atoms with Gasteiger partial charge in [0.2, 0.25) is 0 Å². The molecule has 0 aliphatic rings.